The van der Waals surface area contributed by atoms with Crippen LogP contribution in [0, 0.1) is 13.8 Å². The normalized spacial score (nSPS) is 12.0. The molecule has 218 valence electrons. The highest BCUT2D eigenvalue weighted by atomic mass is 32.2. The summed E-state index contributed by atoms with van der Waals surface area (Å²) in [5.41, 5.74) is 7.21. The first kappa shape index (κ1) is 30.1. The van der Waals surface area contributed by atoms with Crippen molar-refractivity contribution in [1.29, 1.82) is 0 Å². The van der Waals surface area contributed by atoms with Gasteiger partial charge >= 0.3 is 12.3 Å². The second-order valence-electron chi connectivity index (χ2n) is 8.76. The molecule has 0 radical (unpaired) electrons. The molecule has 0 fully saturated rings. The fourth-order valence-corrected chi connectivity index (χ4v) is 4.27. The fraction of sp³-hybridized carbons (Fsp3) is 0.179. The number of carboxylic acids is 1. The van der Waals surface area contributed by atoms with Crippen LogP contribution in [0.15, 0.2) is 77.1 Å². The molecule has 3 aromatic carbocycles. The van der Waals surface area contributed by atoms with Gasteiger partial charge < -0.3 is 14.6 Å². The number of carbonyl (C=O) groups is 1. The number of aliphatic carboxylic acids is 1. The molecule has 4 aromatic rings. The molecule has 0 unspecified atom stereocenters. The van der Waals surface area contributed by atoms with Crippen LogP contribution in [0.3, 0.4) is 0 Å². The van der Waals surface area contributed by atoms with E-state index in [1.165, 1.54) is 35.3 Å². The number of amidine groups is 1. The monoisotopic (exact) mass is 598 g/mol. The number of halogens is 3. The molecule has 4 rings (SSSR count). The molecule has 0 atom stereocenters. The molecule has 0 aliphatic heterocycles. The molecule has 0 aliphatic rings. The molecule has 14 heteroatoms. The summed E-state index contributed by atoms with van der Waals surface area (Å²) in [5.74, 6) is -0.398. The van der Waals surface area contributed by atoms with Crippen molar-refractivity contribution >= 4 is 34.8 Å². The van der Waals surface area contributed by atoms with Crippen LogP contribution in [0.25, 0.3) is 17.1 Å². The Hall–Kier alpha value is -4.85. The highest BCUT2D eigenvalue weighted by molar-refractivity contribution is 8.14. The van der Waals surface area contributed by atoms with Crippen molar-refractivity contribution in [3.05, 3.63) is 83.7 Å². The SMILES string of the molecule is COc1cc(C)c(N=C(NN=Cc2ccc(-c3ncn(-c4ccc(OC(F)(F)F)cc4)n3)cc2)SCC(=O)O)c(C)c1. The number of rotatable bonds is 9. The van der Waals surface area contributed by atoms with Gasteiger partial charge in [-0.25, -0.2) is 14.7 Å². The van der Waals surface area contributed by atoms with Gasteiger partial charge in [0.1, 0.15) is 17.8 Å². The molecule has 0 aliphatic carbocycles. The maximum absolute atomic E-state index is 12.4. The molecule has 0 saturated carbocycles. The second-order valence-corrected chi connectivity index (χ2v) is 9.72. The lowest BCUT2D eigenvalue weighted by molar-refractivity contribution is -0.274. The number of thioether (sulfide) groups is 1. The summed E-state index contributed by atoms with van der Waals surface area (Å²) in [6.07, 6.45) is -1.75. The Morgan fingerprint density at radius 3 is 2.33 bits per heavy atom. The van der Waals surface area contributed by atoms with Gasteiger partial charge in [-0.2, -0.15) is 5.10 Å². The van der Waals surface area contributed by atoms with Crippen LogP contribution in [0.2, 0.25) is 0 Å². The van der Waals surface area contributed by atoms with E-state index in [0.29, 0.717) is 33.7 Å². The number of hydrogen-bond acceptors (Lipinski definition) is 8. The molecule has 0 saturated heterocycles. The Bertz CT molecular complexity index is 1580. The van der Waals surface area contributed by atoms with E-state index < -0.39 is 12.3 Å². The maximum atomic E-state index is 12.4. The fourth-order valence-electron chi connectivity index (χ4n) is 3.73. The number of methoxy groups -OCH3 is 1. The summed E-state index contributed by atoms with van der Waals surface area (Å²) in [5, 5.41) is 18.1. The van der Waals surface area contributed by atoms with E-state index in [1.807, 2.05) is 26.0 Å². The van der Waals surface area contributed by atoms with Crippen molar-refractivity contribution in [2.75, 3.05) is 12.9 Å². The van der Waals surface area contributed by atoms with Crippen molar-refractivity contribution in [1.82, 2.24) is 20.2 Å². The molecule has 10 nitrogen and oxygen atoms in total. The average molecular weight is 599 g/mol. The standard InChI is InChI=1S/C28H25F3N6O4S/c1-17-12-23(40-3)13-18(2)25(17)34-27(42-15-24(38)39)35-33-14-19-4-6-20(7-5-19)26-32-16-37(36-26)21-8-10-22(11-9-21)41-28(29,30)31/h4-14,16H,15H2,1-3H3,(H,34,35)(H,38,39). The minimum Gasteiger partial charge on any atom is -0.497 e. The van der Waals surface area contributed by atoms with Crippen LogP contribution in [0.5, 0.6) is 11.5 Å². The lowest BCUT2D eigenvalue weighted by atomic mass is 10.1. The van der Waals surface area contributed by atoms with E-state index in [1.54, 1.807) is 37.6 Å². The molecule has 0 amide bonds. The average Bonchev–Trinajstić information content (AvgIpc) is 3.43. The third-order valence-corrected chi connectivity index (χ3v) is 6.46. The smallest absolute Gasteiger partial charge is 0.497 e. The van der Waals surface area contributed by atoms with E-state index in [9.17, 15) is 18.0 Å². The first-order valence-corrected chi connectivity index (χ1v) is 13.2. The quantitative estimate of drug-likeness (QED) is 0.139. The Morgan fingerprint density at radius 2 is 1.74 bits per heavy atom. The largest absolute Gasteiger partial charge is 0.573 e. The number of hydrazone groups is 1. The van der Waals surface area contributed by atoms with Gasteiger partial charge in [-0.3, -0.25) is 10.2 Å². The van der Waals surface area contributed by atoms with E-state index in [4.69, 9.17) is 9.84 Å². The van der Waals surface area contributed by atoms with E-state index in [-0.39, 0.29) is 11.5 Å². The number of ether oxygens (including phenoxy) is 2. The van der Waals surface area contributed by atoms with Crippen LogP contribution in [0.1, 0.15) is 16.7 Å². The Balaban J connectivity index is 1.44. The van der Waals surface area contributed by atoms with Crippen LogP contribution >= 0.6 is 11.8 Å². The maximum Gasteiger partial charge on any atom is 0.573 e. The van der Waals surface area contributed by atoms with Crippen molar-refractivity contribution in [3.63, 3.8) is 0 Å². The number of carboxylic acid groups (broad SMARTS) is 1. The van der Waals surface area contributed by atoms with Crippen molar-refractivity contribution in [2.24, 2.45) is 10.1 Å². The van der Waals surface area contributed by atoms with E-state index in [2.05, 4.69) is 30.3 Å². The van der Waals surface area contributed by atoms with Crippen LogP contribution in [-0.4, -0.2) is 56.4 Å². The number of nitrogens with one attached hydrogen (secondary N) is 1. The highest BCUT2D eigenvalue weighted by Gasteiger charge is 2.31. The first-order valence-electron chi connectivity index (χ1n) is 12.3. The zero-order valence-corrected chi connectivity index (χ0v) is 23.4. The Kier molecular flexibility index (Phi) is 9.47. The molecule has 42 heavy (non-hydrogen) atoms. The third-order valence-electron chi connectivity index (χ3n) is 5.62. The van der Waals surface area contributed by atoms with E-state index >= 15 is 0 Å². The van der Waals surface area contributed by atoms with Crippen molar-refractivity contribution in [3.8, 4) is 28.6 Å². The minimum atomic E-state index is -4.76. The van der Waals surface area contributed by atoms with Gasteiger partial charge in [-0.1, -0.05) is 36.0 Å². The Labute approximate surface area is 242 Å². The van der Waals surface area contributed by atoms with E-state index in [0.717, 1.165) is 28.5 Å². The van der Waals surface area contributed by atoms with Gasteiger partial charge in [0, 0.05) is 5.56 Å². The van der Waals surface area contributed by atoms with Crippen molar-refractivity contribution in [2.45, 2.75) is 20.2 Å². The molecular weight excluding hydrogens is 573 g/mol. The lowest BCUT2D eigenvalue weighted by Gasteiger charge is -2.10. The summed E-state index contributed by atoms with van der Waals surface area (Å²) in [6.45, 7) is 3.78. The molecule has 0 spiro atoms. The lowest BCUT2D eigenvalue weighted by Crippen LogP contribution is -2.17. The molecule has 1 aromatic heterocycles. The zero-order chi connectivity index (χ0) is 30.3. The van der Waals surface area contributed by atoms with Gasteiger partial charge in [0.25, 0.3) is 0 Å². The predicted octanol–water partition coefficient (Wildman–Crippen LogP) is 5.89. The highest BCUT2D eigenvalue weighted by Crippen LogP contribution is 2.29. The topological polar surface area (TPSA) is 123 Å². The number of nitrogens with zero attached hydrogens (tertiary/aromatic N) is 5. The van der Waals surface area contributed by atoms with Gasteiger partial charge in [0.15, 0.2) is 11.0 Å². The predicted molar refractivity (Wildman–Crippen MR) is 154 cm³/mol. The number of aryl methyl sites for hydroxylation is 2. The number of hydrogen-bond donors (Lipinski definition) is 2. The summed E-state index contributed by atoms with van der Waals surface area (Å²) < 4.78 is 47.8. The van der Waals surface area contributed by atoms with Gasteiger partial charge in [-0.05, 0) is 66.9 Å². The molecule has 1 heterocycles. The Morgan fingerprint density at radius 1 is 1.07 bits per heavy atom. The number of aromatic nitrogens is 3. The van der Waals surface area contributed by atoms with Gasteiger partial charge in [0.2, 0.25) is 0 Å². The number of alkyl halides is 3. The second kappa shape index (κ2) is 13.2. The third kappa shape index (κ3) is 8.33. The number of benzene rings is 3. The summed E-state index contributed by atoms with van der Waals surface area (Å²) >= 11 is 1.01. The van der Waals surface area contributed by atoms with Crippen LogP contribution < -0.4 is 14.9 Å². The first-order chi connectivity index (χ1) is 20.0. The van der Waals surface area contributed by atoms with Gasteiger partial charge in [-0.15, -0.1) is 18.3 Å². The summed E-state index contributed by atoms with van der Waals surface area (Å²) in [4.78, 5) is 20.0. The molecule has 2 N–H and O–H groups in total. The van der Waals surface area contributed by atoms with Gasteiger partial charge in [0.05, 0.1) is 30.5 Å². The van der Waals surface area contributed by atoms with Crippen molar-refractivity contribution < 1.29 is 32.5 Å². The molecule has 0 bridgehead atoms. The minimum absolute atomic E-state index is 0.199. The van der Waals surface area contributed by atoms with Crippen LogP contribution in [0.4, 0.5) is 18.9 Å². The molecular formula is C28H25F3N6O4S. The van der Waals surface area contributed by atoms with Crippen LogP contribution in [-0.2, 0) is 4.79 Å². The summed E-state index contributed by atoms with van der Waals surface area (Å²) in [7, 11) is 1.58. The number of aliphatic imine (C=N–C) groups is 1. The zero-order valence-electron chi connectivity index (χ0n) is 22.6. The summed E-state index contributed by atoms with van der Waals surface area (Å²) in [6, 6.07) is 16.1.